The van der Waals surface area contributed by atoms with Gasteiger partial charge in [-0.15, -0.1) is 0 Å². The fourth-order valence-corrected chi connectivity index (χ4v) is 1.40. The summed E-state index contributed by atoms with van der Waals surface area (Å²) >= 11 is 0. The molecule has 2 aromatic heterocycles. The first-order valence-corrected chi connectivity index (χ1v) is 4.62. The monoisotopic (exact) mass is 221 g/mol. The largest absolute Gasteiger partial charge is 0.493 e. The van der Waals surface area contributed by atoms with Gasteiger partial charge in [0.25, 0.3) is 5.88 Å². The summed E-state index contributed by atoms with van der Waals surface area (Å²) in [6.07, 6.45) is 0. The van der Waals surface area contributed by atoms with Crippen LogP contribution < -0.4 is 9.47 Å². The van der Waals surface area contributed by atoms with E-state index >= 15 is 0 Å². The number of nitrogens with zero attached hydrogens (tertiary/aromatic N) is 3. The van der Waals surface area contributed by atoms with Crippen LogP contribution in [0, 0.1) is 6.92 Å². The topological polar surface area (TPSA) is 77.4 Å². The van der Waals surface area contributed by atoms with Gasteiger partial charge in [0, 0.05) is 6.07 Å². The minimum Gasteiger partial charge on any atom is -0.493 e. The van der Waals surface area contributed by atoms with Crippen molar-refractivity contribution in [3.63, 3.8) is 0 Å². The molecule has 0 spiro atoms. The molecule has 0 aliphatic heterocycles. The zero-order chi connectivity index (χ0) is 11.7. The number of fused-ring (bicyclic) bond motifs is 1. The Kier molecular flexibility index (Phi) is 2.47. The van der Waals surface area contributed by atoms with Crippen molar-refractivity contribution < 1.29 is 14.6 Å². The van der Waals surface area contributed by atoms with Crippen LogP contribution in [0.25, 0.3) is 11.0 Å². The molecule has 0 unspecified atom stereocenters. The lowest BCUT2D eigenvalue weighted by molar-refractivity contribution is 0.344. The maximum Gasteiger partial charge on any atom is 0.258 e. The predicted molar refractivity (Wildman–Crippen MR) is 56.8 cm³/mol. The first-order chi connectivity index (χ1) is 7.65. The van der Waals surface area contributed by atoms with Gasteiger partial charge in [-0.2, -0.15) is 9.97 Å². The van der Waals surface area contributed by atoms with E-state index in [9.17, 15) is 5.11 Å². The maximum absolute atomic E-state index is 9.65. The van der Waals surface area contributed by atoms with Gasteiger partial charge in [0.1, 0.15) is 5.82 Å². The molecule has 0 amide bonds. The van der Waals surface area contributed by atoms with Gasteiger partial charge >= 0.3 is 0 Å². The first-order valence-electron chi connectivity index (χ1n) is 4.62. The van der Waals surface area contributed by atoms with E-state index in [4.69, 9.17) is 9.47 Å². The summed E-state index contributed by atoms with van der Waals surface area (Å²) in [5.41, 5.74) is 0.377. The Morgan fingerprint density at radius 2 is 1.88 bits per heavy atom. The fourth-order valence-electron chi connectivity index (χ4n) is 1.40. The molecule has 6 heteroatoms. The van der Waals surface area contributed by atoms with Gasteiger partial charge in [0.2, 0.25) is 5.88 Å². The molecule has 0 aliphatic rings. The second kappa shape index (κ2) is 3.80. The van der Waals surface area contributed by atoms with Gasteiger partial charge in [0.05, 0.1) is 19.6 Å². The Morgan fingerprint density at radius 3 is 2.50 bits per heavy atom. The van der Waals surface area contributed by atoms with Gasteiger partial charge < -0.3 is 14.6 Å². The molecule has 0 aliphatic carbocycles. The summed E-state index contributed by atoms with van der Waals surface area (Å²) in [6, 6.07) is 1.59. The standard InChI is InChI=1S/C10H11N3O3/c1-5-11-8-6(9(14)12-5)4-7(15-2)10(13-8)16-3/h4H,1-3H3,(H,11,12,13,14). The van der Waals surface area contributed by atoms with Gasteiger partial charge in [-0.25, -0.2) is 4.98 Å². The minimum atomic E-state index is -0.115. The second-order valence-electron chi connectivity index (χ2n) is 3.17. The molecule has 0 aromatic carbocycles. The number of aromatic hydroxyl groups is 1. The molecule has 2 rings (SSSR count). The SMILES string of the molecule is COc1cc2c(O)nc(C)nc2nc1OC. The van der Waals surface area contributed by atoms with E-state index in [1.54, 1.807) is 13.0 Å². The summed E-state index contributed by atoms with van der Waals surface area (Å²) in [4.78, 5) is 12.1. The number of methoxy groups -OCH3 is 2. The molecular weight excluding hydrogens is 210 g/mol. The van der Waals surface area contributed by atoms with Gasteiger partial charge in [0.15, 0.2) is 11.4 Å². The lowest BCUT2D eigenvalue weighted by Gasteiger charge is -2.08. The smallest absolute Gasteiger partial charge is 0.258 e. The third-order valence-electron chi connectivity index (χ3n) is 2.12. The fraction of sp³-hybridized carbons (Fsp3) is 0.300. The quantitative estimate of drug-likeness (QED) is 0.816. The van der Waals surface area contributed by atoms with Crippen LogP contribution in [0.2, 0.25) is 0 Å². The molecular formula is C10H11N3O3. The summed E-state index contributed by atoms with van der Waals surface area (Å²) in [6.45, 7) is 1.68. The van der Waals surface area contributed by atoms with E-state index in [0.717, 1.165) is 0 Å². The van der Waals surface area contributed by atoms with E-state index in [-0.39, 0.29) is 5.88 Å². The number of hydrogen-bond donors (Lipinski definition) is 1. The highest BCUT2D eigenvalue weighted by molar-refractivity contribution is 5.82. The number of aromatic nitrogens is 3. The number of pyridine rings is 1. The lowest BCUT2D eigenvalue weighted by Crippen LogP contribution is -1.97. The highest BCUT2D eigenvalue weighted by Crippen LogP contribution is 2.31. The Hall–Kier alpha value is -2.11. The van der Waals surface area contributed by atoms with Crippen LogP contribution in [-0.4, -0.2) is 34.3 Å². The van der Waals surface area contributed by atoms with Crippen molar-refractivity contribution >= 4 is 11.0 Å². The van der Waals surface area contributed by atoms with Crippen LogP contribution in [-0.2, 0) is 0 Å². The van der Waals surface area contributed by atoms with Crippen LogP contribution in [0.4, 0.5) is 0 Å². The van der Waals surface area contributed by atoms with Gasteiger partial charge in [-0.3, -0.25) is 0 Å². The highest BCUT2D eigenvalue weighted by Gasteiger charge is 2.12. The first kappa shape index (κ1) is 10.4. The van der Waals surface area contributed by atoms with Crippen molar-refractivity contribution in [1.29, 1.82) is 0 Å². The zero-order valence-electron chi connectivity index (χ0n) is 9.18. The normalized spacial score (nSPS) is 10.4. The average Bonchev–Trinajstić information content (AvgIpc) is 2.27. The molecule has 84 valence electrons. The molecule has 0 bridgehead atoms. The van der Waals surface area contributed by atoms with Crippen molar-refractivity contribution in [2.75, 3.05) is 14.2 Å². The van der Waals surface area contributed by atoms with Crippen molar-refractivity contribution in [3.05, 3.63) is 11.9 Å². The third-order valence-corrected chi connectivity index (χ3v) is 2.12. The molecule has 16 heavy (non-hydrogen) atoms. The molecule has 6 nitrogen and oxygen atoms in total. The van der Waals surface area contributed by atoms with E-state index < -0.39 is 0 Å². The molecule has 1 N–H and O–H groups in total. The molecule has 2 aromatic rings. The van der Waals surface area contributed by atoms with Crippen molar-refractivity contribution in [2.24, 2.45) is 0 Å². The van der Waals surface area contributed by atoms with E-state index in [1.165, 1.54) is 14.2 Å². The van der Waals surface area contributed by atoms with Crippen molar-refractivity contribution in [2.45, 2.75) is 6.92 Å². The lowest BCUT2D eigenvalue weighted by atomic mass is 10.3. The van der Waals surface area contributed by atoms with Crippen LogP contribution in [0.5, 0.6) is 17.5 Å². The number of rotatable bonds is 2. The Bertz CT molecular complexity index is 542. The Labute approximate surface area is 91.9 Å². The van der Waals surface area contributed by atoms with Gasteiger partial charge in [-0.05, 0) is 6.92 Å². The Balaban J connectivity index is 2.78. The van der Waals surface area contributed by atoms with Crippen LogP contribution in [0.3, 0.4) is 0 Å². The highest BCUT2D eigenvalue weighted by atomic mass is 16.5. The van der Waals surface area contributed by atoms with Crippen LogP contribution in [0.15, 0.2) is 6.07 Å². The molecule has 0 radical (unpaired) electrons. The summed E-state index contributed by atoms with van der Waals surface area (Å²) < 4.78 is 10.1. The number of hydrogen-bond acceptors (Lipinski definition) is 6. The maximum atomic E-state index is 9.65. The number of ether oxygens (including phenoxy) is 2. The summed E-state index contributed by atoms with van der Waals surface area (Å²) in [5.74, 6) is 1.09. The minimum absolute atomic E-state index is 0.115. The summed E-state index contributed by atoms with van der Waals surface area (Å²) in [7, 11) is 2.99. The third kappa shape index (κ3) is 1.58. The molecule has 0 fully saturated rings. The summed E-state index contributed by atoms with van der Waals surface area (Å²) in [5, 5.41) is 10.1. The molecule has 0 atom stereocenters. The zero-order valence-corrected chi connectivity index (χ0v) is 9.18. The van der Waals surface area contributed by atoms with E-state index in [0.29, 0.717) is 28.5 Å². The van der Waals surface area contributed by atoms with Crippen molar-refractivity contribution in [1.82, 2.24) is 15.0 Å². The van der Waals surface area contributed by atoms with Crippen LogP contribution in [0.1, 0.15) is 5.82 Å². The Morgan fingerprint density at radius 1 is 1.12 bits per heavy atom. The predicted octanol–water partition coefficient (Wildman–Crippen LogP) is 1.06. The van der Waals surface area contributed by atoms with Gasteiger partial charge in [-0.1, -0.05) is 0 Å². The van der Waals surface area contributed by atoms with E-state index in [2.05, 4.69) is 15.0 Å². The second-order valence-corrected chi connectivity index (χ2v) is 3.17. The van der Waals surface area contributed by atoms with Crippen molar-refractivity contribution in [3.8, 4) is 17.5 Å². The molecule has 0 saturated carbocycles. The molecule has 2 heterocycles. The number of aryl methyl sites for hydroxylation is 1. The average molecular weight is 221 g/mol. The van der Waals surface area contributed by atoms with Crippen LogP contribution >= 0.6 is 0 Å². The van der Waals surface area contributed by atoms with E-state index in [1.807, 2.05) is 0 Å². The molecule has 0 saturated heterocycles.